The molecule has 0 radical (unpaired) electrons. The van der Waals surface area contributed by atoms with E-state index in [1.807, 2.05) is 0 Å². The van der Waals surface area contributed by atoms with Crippen LogP contribution in [0.2, 0.25) is 0 Å². The molecule has 8 nitrogen and oxygen atoms in total. The van der Waals surface area contributed by atoms with Gasteiger partial charge in [0.25, 0.3) is 5.91 Å². The van der Waals surface area contributed by atoms with Gasteiger partial charge in [0.05, 0.1) is 24.7 Å². The summed E-state index contributed by atoms with van der Waals surface area (Å²) in [6.07, 6.45) is -2.36. The Balaban J connectivity index is 1.70. The average molecular weight is 450 g/mol. The molecular formula is C18H21F3N2O6S. The summed E-state index contributed by atoms with van der Waals surface area (Å²) in [5, 5.41) is 2.77. The maximum atomic E-state index is 12.8. The first-order valence-electron chi connectivity index (χ1n) is 9.13. The van der Waals surface area contributed by atoms with Gasteiger partial charge in [0.1, 0.15) is 5.75 Å². The normalized spacial score (nSPS) is 21.2. The van der Waals surface area contributed by atoms with E-state index in [4.69, 9.17) is 9.47 Å². The second kappa shape index (κ2) is 8.82. The summed E-state index contributed by atoms with van der Waals surface area (Å²) < 4.78 is 78.0. The smallest absolute Gasteiger partial charge is 0.491 e. The second-order valence-corrected chi connectivity index (χ2v) is 8.71. The monoisotopic (exact) mass is 450 g/mol. The van der Waals surface area contributed by atoms with E-state index in [1.165, 1.54) is 13.2 Å². The Morgan fingerprint density at radius 3 is 2.50 bits per heavy atom. The van der Waals surface area contributed by atoms with Crippen molar-refractivity contribution in [2.75, 3.05) is 26.8 Å². The molecule has 166 valence electrons. The van der Waals surface area contributed by atoms with Gasteiger partial charge in [-0.1, -0.05) is 0 Å². The fraction of sp³-hybridized carbons (Fsp3) is 0.500. The molecule has 3 rings (SSSR count). The molecule has 2 fully saturated rings. The molecular weight excluding hydrogens is 429 g/mol. The van der Waals surface area contributed by atoms with Crippen molar-refractivity contribution in [3.8, 4) is 5.75 Å². The van der Waals surface area contributed by atoms with Crippen LogP contribution in [0.25, 0.3) is 0 Å². The van der Waals surface area contributed by atoms with Gasteiger partial charge in [0.15, 0.2) is 5.76 Å². The summed E-state index contributed by atoms with van der Waals surface area (Å²) >= 11 is 0. The Morgan fingerprint density at radius 2 is 1.93 bits per heavy atom. The number of methoxy groups -OCH3 is 1. The van der Waals surface area contributed by atoms with Crippen molar-refractivity contribution in [1.82, 2.24) is 9.62 Å². The molecule has 12 heteroatoms. The number of ether oxygens (including phenoxy) is 3. The SMILES string of the molecule is COC(=CC1CN(S(=O)(=O)c2ccc(OC(F)(F)F)cc2)CCO1)C(=O)NC1CC1. The minimum absolute atomic E-state index is 0.0276. The molecule has 1 amide bonds. The summed E-state index contributed by atoms with van der Waals surface area (Å²) in [5.74, 6) is -0.890. The predicted octanol–water partition coefficient (Wildman–Crippen LogP) is 1.78. The second-order valence-electron chi connectivity index (χ2n) is 6.77. The molecule has 2 aliphatic rings. The van der Waals surface area contributed by atoms with E-state index in [9.17, 15) is 26.4 Å². The van der Waals surface area contributed by atoms with Crippen LogP contribution in [0, 0.1) is 0 Å². The zero-order valence-electron chi connectivity index (χ0n) is 16.0. The van der Waals surface area contributed by atoms with Crippen LogP contribution >= 0.6 is 0 Å². The Morgan fingerprint density at radius 1 is 1.27 bits per heavy atom. The number of nitrogens with one attached hydrogen (secondary N) is 1. The van der Waals surface area contributed by atoms with Gasteiger partial charge >= 0.3 is 6.36 Å². The van der Waals surface area contributed by atoms with Crippen LogP contribution in [0.5, 0.6) is 5.75 Å². The summed E-state index contributed by atoms with van der Waals surface area (Å²) in [5.41, 5.74) is 0. The van der Waals surface area contributed by atoms with Crippen LogP contribution in [0.1, 0.15) is 12.8 Å². The van der Waals surface area contributed by atoms with E-state index >= 15 is 0 Å². The molecule has 30 heavy (non-hydrogen) atoms. The van der Waals surface area contributed by atoms with Crippen molar-refractivity contribution in [1.29, 1.82) is 0 Å². The molecule has 1 saturated heterocycles. The van der Waals surface area contributed by atoms with Gasteiger partial charge in [-0.05, 0) is 43.2 Å². The first-order chi connectivity index (χ1) is 14.1. The third kappa shape index (κ3) is 5.86. The van der Waals surface area contributed by atoms with E-state index < -0.39 is 34.1 Å². The van der Waals surface area contributed by atoms with E-state index in [0.29, 0.717) is 0 Å². The Bertz CT molecular complexity index is 897. The Hall–Kier alpha value is -2.31. The molecule has 1 aromatic rings. The first kappa shape index (κ1) is 22.4. The van der Waals surface area contributed by atoms with E-state index in [0.717, 1.165) is 41.4 Å². The van der Waals surface area contributed by atoms with Crippen LogP contribution in [-0.4, -0.2) is 63.9 Å². The van der Waals surface area contributed by atoms with Crippen molar-refractivity contribution in [2.45, 2.75) is 36.2 Å². The number of rotatable bonds is 7. The van der Waals surface area contributed by atoms with Gasteiger partial charge in [-0.3, -0.25) is 4.79 Å². The zero-order valence-corrected chi connectivity index (χ0v) is 16.8. The number of hydrogen-bond acceptors (Lipinski definition) is 6. The number of hydrogen-bond donors (Lipinski definition) is 1. The lowest BCUT2D eigenvalue weighted by Gasteiger charge is -2.31. The van der Waals surface area contributed by atoms with Crippen LogP contribution < -0.4 is 10.1 Å². The fourth-order valence-electron chi connectivity index (χ4n) is 2.82. The number of carbonyl (C=O) groups excluding carboxylic acids is 1. The Labute approximate surface area is 171 Å². The minimum Gasteiger partial charge on any atom is -0.491 e. The third-order valence-electron chi connectivity index (χ3n) is 4.44. The number of carbonyl (C=O) groups is 1. The fourth-order valence-corrected chi connectivity index (χ4v) is 4.26. The quantitative estimate of drug-likeness (QED) is 0.503. The number of sulfonamides is 1. The van der Waals surface area contributed by atoms with Crippen LogP contribution in [0.15, 0.2) is 41.0 Å². The highest BCUT2D eigenvalue weighted by Crippen LogP contribution is 2.26. The summed E-state index contributed by atoms with van der Waals surface area (Å²) in [4.78, 5) is 12.0. The van der Waals surface area contributed by atoms with Gasteiger partial charge in [-0.2, -0.15) is 4.31 Å². The van der Waals surface area contributed by atoms with Crippen molar-refractivity contribution in [3.05, 3.63) is 36.1 Å². The maximum Gasteiger partial charge on any atom is 0.573 e. The van der Waals surface area contributed by atoms with Crippen LogP contribution in [0.4, 0.5) is 13.2 Å². The largest absolute Gasteiger partial charge is 0.573 e. The maximum absolute atomic E-state index is 12.8. The molecule has 0 bridgehead atoms. The molecule has 1 aromatic carbocycles. The van der Waals surface area contributed by atoms with Crippen LogP contribution in [-0.2, 0) is 24.3 Å². The number of nitrogens with zero attached hydrogens (tertiary/aromatic N) is 1. The lowest BCUT2D eigenvalue weighted by atomic mass is 10.2. The van der Waals surface area contributed by atoms with E-state index in [2.05, 4.69) is 10.1 Å². The van der Waals surface area contributed by atoms with Crippen molar-refractivity contribution >= 4 is 15.9 Å². The Kier molecular flexibility index (Phi) is 6.58. The third-order valence-corrected chi connectivity index (χ3v) is 6.32. The van der Waals surface area contributed by atoms with Crippen molar-refractivity contribution < 1.29 is 40.6 Å². The van der Waals surface area contributed by atoms with E-state index in [1.54, 1.807) is 0 Å². The van der Waals surface area contributed by atoms with Crippen molar-refractivity contribution in [2.24, 2.45) is 0 Å². The van der Waals surface area contributed by atoms with Gasteiger partial charge in [0, 0.05) is 19.1 Å². The lowest BCUT2D eigenvalue weighted by molar-refractivity contribution is -0.274. The molecule has 0 aromatic heterocycles. The summed E-state index contributed by atoms with van der Waals surface area (Å²) in [7, 11) is -2.65. The van der Waals surface area contributed by atoms with E-state index in [-0.39, 0.29) is 36.4 Å². The lowest BCUT2D eigenvalue weighted by Crippen LogP contribution is -2.45. The average Bonchev–Trinajstić information content (AvgIpc) is 3.49. The molecule has 1 N–H and O–H groups in total. The van der Waals surface area contributed by atoms with Gasteiger partial charge in [-0.25, -0.2) is 8.42 Å². The van der Waals surface area contributed by atoms with Gasteiger partial charge in [-0.15, -0.1) is 13.2 Å². The number of benzene rings is 1. The summed E-state index contributed by atoms with van der Waals surface area (Å²) in [6, 6.07) is 4.08. The highest BCUT2D eigenvalue weighted by Gasteiger charge is 2.33. The number of amides is 1. The zero-order chi connectivity index (χ0) is 21.9. The first-order valence-corrected chi connectivity index (χ1v) is 10.6. The van der Waals surface area contributed by atoms with Gasteiger partial charge in [0.2, 0.25) is 10.0 Å². The van der Waals surface area contributed by atoms with Crippen molar-refractivity contribution in [3.63, 3.8) is 0 Å². The molecule has 1 heterocycles. The number of morpholine rings is 1. The van der Waals surface area contributed by atoms with Crippen LogP contribution in [0.3, 0.4) is 0 Å². The number of halogens is 3. The molecule has 1 atom stereocenters. The molecule has 1 aliphatic carbocycles. The molecule has 1 saturated carbocycles. The van der Waals surface area contributed by atoms with Gasteiger partial charge < -0.3 is 19.5 Å². The predicted molar refractivity (Wildman–Crippen MR) is 97.9 cm³/mol. The molecule has 0 spiro atoms. The topological polar surface area (TPSA) is 94.2 Å². The standard InChI is InChI=1S/C18H21F3N2O6S/c1-27-16(17(24)22-12-2-3-12)10-14-11-23(8-9-28-14)30(25,26)15-6-4-13(5-7-15)29-18(19,20)21/h4-7,10,12,14H,2-3,8-9,11H2,1H3,(H,22,24). The summed E-state index contributed by atoms with van der Waals surface area (Å²) in [6.45, 7) is 0.0632. The molecule has 1 aliphatic heterocycles. The highest BCUT2D eigenvalue weighted by molar-refractivity contribution is 7.89. The number of alkyl halides is 3. The highest BCUT2D eigenvalue weighted by atomic mass is 32.2. The molecule has 1 unspecified atom stereocenters. The minimum atomic E-state index is -4.87.